The molecule has 0 bridgehead atoms. The summed E-state index contributed by atoms with van der Waals surface area (Å²) in [6.07, 6.45) is -4.42. The number of thiophene rings is 1. The fourth-order valence-electron chi connectivity index (χ4n) is 3.29. The average molecular weight is 410 g/mol. The van der Waals surface area contributed by atoms with Crippen LogP contribution in [0.3, 0.4) is 0 Å². The van der Waals surface area contributed by atoms with Gasteiger partial charge in [0.2, 0.25) is 0 Å². The lowest BCUT2D eigenvalue weighted by Gasteiger charge is -2.22. The van der Waals surface area contributed by atoms with Gasteiger partial charge in [-0.3, -0.25) is 0 Å². The normalized spacial score (nSPS) is 11.7. The van der Waals surface area contributed by atoms with Gasteiger partial charge in [0.1, 0.15) is 0 Å². The van der Waals surface area contributed by atoms with Crippen LogP contribution in [-0.4, -0.2) is 8.80 Å². The highest BCUT2D eigenvalue weighted by atomic mass is 32.1. The summed E-state index contributed by atoms with van der Waals surface area (Å²) in [5.74, 6) is 0. The van der Waals surface area contributed by atoms with Crippen LogP contribution in [-0.2, 0) is 6.18 Å². The topological polar surface area (TPSA) is 0 Å². The molecule has 0 nitrogen and oxygen atoms in total. The molecule has 0 spiro atoms. The van der Waals surface area contributed by atoms with Gasteiger partial charge in [0, 0.05) is 0 Å². The number of benzene rings is 3. The summed E-state index contributed by atoms with van der Waals surface area (Å²) in [4.78, 5) is 0. The number of halogens is 3. The zero-order valence-corrected chi connectivity index (χ0v) is 16.6. The lowest BCUT2D eigenvalue weighted by atomic mass is 10.1. The molecular formula is C23H16F3SSi. The van der Waals surface area contributed by atoms with Crippen LogP contribution in [0.25, 0.3) is 11.1 Å². The van der Waals surface area contributed by atoms with Gasteiger partial charge in [-0.15, -0.1) is 0 Å². The fourth-order valence-corrected chi connectivity index (χ4v) is 6.70. The van der Waals surface area contributed by atoms with Crippen molar-refractivity contribution in [1.82, 2.24) is 0 Å². The van der Waals surface area contributed by atoms with Gasteiger partial charge < -0.3 is 0 Å². The largest absolute Gasteiger partial charge is 0.416 e. The first-order valence-electron chi connectivity index (χ1n) is 8.76. The predicted octanol–water partition coefficient (Wildman–Crippen LogP) is 4.95. The van der Waals surface area contributed by atoms with Crippen LogP contribution in [0.2, 0.25) is 0 Å². The maximum atomic E-state index is 14.1. The molecule has 0 unspecified atom stereocenters. The standard InChI is InChI=1S/C23H16F3SSi/c24-23(25,26)21-15-17(18-13-14-27-16-18)11-12-22(21)28(19-7-3-1-4-8-19)20-9-5-2-6-10-20/h1-16H. The van der Waals surface area contributed by atoms with Gasteiger partial charge in [-0.2, -0.15) is 24.5 Å². The van der Waals surface area contributed by atoms with Crippen LogP contribution in [0.5, 0.6) is 0 Å². The Morgan fingerprint density at radius 3 is 1.79 bits per heavy atom. The lowest BCUT2D eigenvalue weighted by molar-refractivity contribution is -0.136. The minimum absolute atomic E-state index is 0.369. The van der Waals surface area contributed by atoms with E-state index in [9.17, 15) is 13.2 Å². The molecule has 5 heteroatoms. The van der Waals surface area contributed by atoms with Crippen LogP contribution in [0.1, 0.15) is 5.56 Å². The third-order valence-corrected chi connectivity index (χ3v) is 8.05. The molecule has 4 rings (SSSR count). The number of hydrogen-bond donors (Lipinski definition) is 0. The molecule has 0 saturated carbocycles. The Kier molecular flexibility index (Phi) is 5.20. The summed E-state index contributed by atoms with van der Waals surface area (Å²) < 4.78 is 42.2. The van der Waals surface area contributed by atoms with Crippen LogP contribution in [0.15, 0.2) is 95.7 Å². The molecule has 0 fully saturated rings. The van der Waals surface area contributed by atoms with E-state index >= 15 is 0 Å². The molecule has 3 aromatic carbocycles. The molecule has 28 heavy (non-hydrogen) atoms. The van der Waals surface area contributed by atoms with Gasteiger partial charge in [0.05, 0.1) is 5.56 Å². The minimum Gasteiger partial charge on any atom is -0.166 e. The van der Waals surface area contributed by atoms with Crippen LogP contribution in [0.4, 0.5) is 13.2 Å². The number of hydrogen-bond acceptors (Lipinski definition) is 1. The van der Waals surface area contributed by atoms with Gasteiger partial charge in [-0.1, -0.05) is 83.2 Å². The molecule has 0 atom stereocenters. The second kappa shape index (κ2) is 7.77. The van der Waals surface area contributed by atoms with Crippen molar-refractivity contribution in [1.29, 1.82) is 0 Å². The van der Waals surface area contributed by atoms with Gasteiger partial charge in [0.25, 0.3) is 0 Å². The van der Waals surface area contributed by atoms with Gasteiger partial charge in [0.15, 0.2) is 8.80 Å². The molecule has 1 heterocycles. The molecular weight excluding hydrogens is 393 g/mol. The highest BCUT2D eigenvalue weighted by Crippen LogP contribution is 2.32. The fraction of sp³-hybridized carbons (Fsp3) is 0.0435. The van der Waals surface area contributed by atoms with Crippen LogP contribution >= 0.6 is 11.3 Å². The van der Waals surface area contributed by atoms with Crippen LogP contribution in [0, 0.1) is 0 Å². The Morgan fingerprint density at radius 1 is 0.679 bits per heavy atom. The van der Waals surface area contributed by atoms with E-state index in [4.69, 9.17) is 0 Å². The Morgan fingerprint density at radius 2 is 1.29 bits per heavy atom. The van der Waals surface area contributed by atoms with E-state index in [2.05, 4.69) is 0 Å². The van der Waals surface area contributed by atoms with Crippen molar-refractivity contribution in [3.05, 3.63) is 101 Å². The van der Waals surface area contributed by atoms with E-state index in [1.54, 1.807) is 6.07 Å². The summed E-state index contributed by atoms with van der Waals surface area (Å²) in [7, 11) is -1.79. The first-order chi connectivity index (χ1) is 13.5. The van der Waals surface area contributed by atoms with Gasteiger partial charge in [-0.05, 0) is 39.2 Å². The SMILES string of the molecule is FC(F)(F)c1cc(-c2ccsc2)ccc1[Si](c1ccccc1)c1ccccc1. The third kappa shape index (κ3) is 3.81. The highest BCUT2D eigenvalue weighted by molar-refractivity contribution is 7.08. The second-order valence-electron chi connectivity index (χ2n) is 6.38. The molecule has 0 aliphatic heterocycles. The Balaban J connectivity index is 1.93. The van der Waals surface area contributed by atoms with Crippen LogP contribution < -0.4 is 15.6 Å². The maximum Gasteiger partial charge on any atom is 0.416 e. The zero-order chi connectivity index (χ0) is 19.6. The maximum absolute atomic E-state index is 14.1. The Hall–Kier alpha value is -2.63. The second-order valence-corrected chi connectivity index (χ2v) is 9.60. The van der Waals surface area contributed by atoms with Crippen molar-refractivity contribution in [3.8, 4) is 11.1 Å². The van der Waals surface area contributed by atoms with Crippen molar-refractivity contribution in [2.24, 2.45) is 0 Å². The monoisotopic (exact) mass is 409 g/mol. The Labute approximate surface area is 167 Å². The van der Waals surface area contributed by atoms with Gasteiger partial charge >= 0.3 is 6.18 Å². The van der Waals surface area contributed by atoms with E-state index in [0.29, 0.717) is 10.8 Å². The van der Waals surface area contributed by atoms with E-state index in [1.807, 2.05) is 83.6 Å². The molecule has 0 aliphatic carbocycles. The van der Waals surface area contributed by atoms with E-state index in [1.165, 1.54) is 17.4 Å². The Bertz CT molecular complexity index is 1000. The van der Waals surface area contributed by atoms with Gasteiger partial charge in [-0.25, -0.2) is 0 Å². The zero-order valence-electron chi connectivity index (χ0n) is 14.8. The summed E-state index contributed by atoms with van der Waals surface area (Å²) in [6.45, 7) is 0. The molecule has 4 aromatic rings. The van der Waals surface area contributed by atoms with E-state index < -0.39 is 20.5 Å². The smallest absolute Gasteiger partial charge is 0.166 e. The highest BCUT2D eigenvalue weighted by Gasteiger charge is 2.37. The molecule has 0 saturated heterocycles. The lowest BCUT2D eigenvalue weighted by Crippen LogP contribution is -2.54. The summed E-state index contributed by atoms with van der Waals surface area (Å²) in [6, 6.07) is 25.6. The predicted molar refractivity (Wildman–Crippen MR) is 112 cm³/mol. The van der Waals surface area contributed by atoms with Crippen molar-refractivity contribution in [3.63, 3.8) is 0 Å². The van der Waals surface area contributed by atoms with E-state index in [0.717, 1.165) is 15.9 Å². The first-order valence-corrected chi connectivity index (χ1v) is 11.2. The quantitative estimate of drug-likeness (QED) is 0.330. The summed E-state index contributed by atoms with van der Waals surface area (Å²) >= 11 is 1.48. The minimum atomic E-state index is -4.42. The van der Waals surface area contributed by atoms with Crippen molar-refractivity contribution < 1.29 is 13.2 Å². The number of alkyl halides is 3. The molecule has 139 valence electrons. The molecule has 0 amide bonds. The first kappa shape index (κ1) is 18.7. The number of rotatable bonds is 4. The summed E-state index contributed by atoms with van der Waals surface area (Å²) in [5, 5.41) is 5.99. The molecule has 0 aliphatic rings. The van der Waals surface area contributed by atoms with Crippen molar-refractivity contribution >= 4 is 35.7 Å². The average Bonchev–Trinajstić information content (AvgIpc) is 3.24. The third-order valence-electron chi connectivity index (χ3n) is 4.57. The molecule has 1 aromatic heterocycles. The molecule has 1 radical (unpaired) electrons. The summed E-state index contributed by atoms with van der Waals surface area (Å²) in [5.41, 5.74) is 0.868. The molecule has 0 N–H and O–H groups in total. The van der Waals surface area contributed by atoms with Crippen molar-refractivity contribution in [2.45, 2.75) is 6.18 Å². The van der Waals surface area contributed by atoms with Crippen molar-refractivity contribution in [2.75, 3.05) is 0 Å². The van der Waals surface area contributed by atoms with E-state index in [-0.39, 0.29) is 0 Å².